The van der Waals surface area contributed by atoms with E-state index in [1.807, 2.05) is 24.3 Å². The Hall–Kier alpha value is -1.15. The summed E-state index contributed by atoms with van der Waals surface area (Å²) in [4.78, 5) is 12.6. The molecular weight excluding hydrogens is 441 g/mol. The number of benzene rings is 1. The van der Waals surface area contributed by atoms with E-state index in [0.717, 1.165) is 47.5 Å². The fourth-order valence-electron chi connectivity index (χ4n) is 2.95. The predicted molar refractivity (Wildman–Crippen MR) is 110 cm³/mol. The standard InChI is InChI=1S/C17H22BrN5O.2ClH/c1-17(19,12-6-8-13(18)9-7-12)16(24)20-11-15-22-21-14-5-3-2-4-10-23(14)15;;/h6-9H,2-5,10-11,19H2,1H3,(H,20,24);2*1H. The predicted octanol–water partition coefficient (Wildman–Crippen LogP) is 3.10. The molecule has 6 nitrogen and oxygen atoms in total. The lowest BCUT2D eigenvalue weighted by molar-refractivity contribution is -0.126. The molecule has 2 aromatic rings. The van der Waals surface area contributed by atoms with Gasteiger partial charge in [-0.2, -0.15) is 0 Å². The van der Waals surface area contributed by atoms with E-state index in [2.05, 4.69) is 36.0 Å². The van der Waals surface area contributed by atoms with Crippen molar-refractivity contribution >= 4 is 46.7 Å². The topological polar surface area (TPSA) is 85.8 Å². The van der Waals surface area contributed by atoms with Gasteiger partial charge in [0, 0.05) is 17.4 Å². The van der Waals surface area contributed by atoms with Crippen LogP contribution in [0.2, 0.25) is 0 Å². The molecule has 1 aliphatic heterocycles. The van der Waals surface area contributed by atoms with Crippen molar-refractivity contribution in [2.75, 3.05) is 0 Å². The van der Waals surface area contributed by atoms with Crippen LogP contribution in [0.4, 0.5) is 0 Å². The normalized spacial score (nSPS) is 15.5. The highest BCUT2D eigenvalue weighted by Crippen LogP contribution is 2.21. The van der Waals surface area contributed by atoms with Crippen LogP contribution < -0.4 is 11.1 Å². The van der Waals surface area contributed by atoms with Crippen LogP contribution in [-0.2, 0) is 29.8 Å². The zero-order valence-corrected chi connectivity index (χ0v) is 17.8. The zero-order valence-electron chi connectivity index (χ0n) is 14.6. The lowest BCUT2D eigenvalue weighted by Gasteiger charge is -2.24. The highest BCUT2D eigenvalue weighted by atomic mass is 79.9. The number of rotatable bonds is 4. The largest absolute Gasteiger partial charge is 0.347 e. The molecule has 144 valence electrons. The highest BCUT2D eigenvalue weighted by Gasteiger charge is 2.30. The van der Waals surface area contributed by atoms with Gasteiger partial charge in [-0.05, 0) is 37.5 Å². The monoisotopic (exact) mass is 463 g/mol. The number of nitrogens with zero attached hydrogens (tertiary/aromatic N) is 3. The second-order valence-electron chi connectivity index (χ2n) is 6.39. The number of carbonyl (C=O) groups excluding carboxylic acids is 1. The molecule has 0 fully saturated rings. The number of nitrogens with one attached hydrogen (secondary N) is 1. The van der Waals surface area contributed by atoms with Crippen molar-refractivity contribution in [2.45, 2.75) is 51.2 Å². The molecule has 1 unspecified atom stereocenters. The van der Waals surface area contributed by atoms with Crippen molar-refractivity contribution in [3.05, 3.63) is 46.0 Å². The number of halogens is 3. The Morgan fingerprint density at radius 3 is 2.62 bits per heavy atom. The van der Waals surface area contributed by atoms with E-state index < -0.39 is 5.54 Å². The van der Waals surface area contributed by atoms with Crippen LogP contribution in [0.25, 0.3) is 0 Å². The van der Waals surface area contributed by atoms with Gasteiger partial charge in [0.05, 0.1) is 6.54 Å². The second-order valence-corrected chi connectivity index (χ2v) is 7.30. The van der Waals surface area contributed by atoms with Crippen LogP contribution in [-0.4, -0.2) is 20.7 Å². The fraction of sp³-hybridized carbons (Fsp3) is 0.471. The van der Waals surface area contributed by atoms with Gasteiger partial charge in [0.25, 0.3) is 0 Å². The summed E-state index contributed by atoms with van der Waals surface area (Å²) in [6, 6.07) is 7.47. The number of carbonyl (C=O) groups is 1. The average Bonchev–Trinajstić information content (AvgIpc) is 2.79. The summed E-state index contributed by atoms with van der Waals surface area (Å²) in [5.74, 6) is 1.59. The first-order valence-electron chi connectivity index (χ1n) is 8.22. The van der Waals surface area contributed by atoms with Gasteiger partial charge in [-0.3, -0.25) is 4.79 Å². The molecule has 1 amide bonds. The molecular formula is C17H24BrCl2N5O. The maximum absolute atomic E-state index is 12.6. The van der Waals surface area contributed by atoms with Gasteiger partial charge >= 0.3 is 0 Å². The van der Waals surface area contributed by atoms with Crippen LogP contribution >= 0.6 is 40.7 Å². The van der Waals surface area contributed by atoms with Crippen LogP contribution in [0, 0.1) is 0 Å². The summed E-state index contributed by atoms with van der Waals surface area (Å²) in [6.07, 6.45) is 4.43. The fourth-order valence-corrected chi connectivity index (χ4v) is 3.21. The maximum Gasteiger partial charge on any atom is 0.244 e. The van der Waals surface area contributed by atoms with Crippen molar-refractivity contribution in [2.24, 2.45) is 5.73 Å². The third-order valence-corrected chi connectivity index (χ3v) is 5.04. The van der Waals surface area contributed by atoms with Gasteiger partial charge in [0.2, 0.25) is 5.91 Å². The van der Waals surface area contributed by atoms with Gasteiger partial charge in [-0.15, -0.1) is 35.0 Å². The Balaban J connectivity index is 0.00000169. The van der Waals surface area contributed by atoms with E-state index in [9.17, 15) is 4.79 Å². The first-order valence-corrected chi connectivity index (χ1v) is 9.02. The van der Waals surface area contributed by atoms with E-state index in [-0.39, 0.29) is 30.7 Å². The molecule has 0 radical (unpaired) electrons. The minimum absolute atomic E-state index is 0. The summed E-state index contributed by atoms with van der Waals surface area (Å²) >= 11 is 3.39. The minimum atomic E-state index is -1.09. The van der Waals surface area contributed by atoms with Gasteiger partial charge < -0.3 is 15.6 Å². The summed E-state index contributed by atoms with van der Waals surface area (Å²) in [6.45, 7) is 2.98. The van der Waals surface area contributed by atoms with Gasteiger partial charge in [0.15, 0.2) is 5.82 Å². The van der Waals surface area contributed by atoms with Crippen molar-refractivity contribution in [1.82, 2.24) is 20.1 Å². The molecule has 0 bridgehead atoms. The van der Waals surface area contributed by atoms with Crippen LogP contribution in [0.15, 0.2) is 28.7 Å². The number of aromatic nitrogens is 3. The molecule has 1 aromatic carbocycles. The van der Waals surface area contributed by atoms with E-state index in [0.29, 0.717) is 6.54 Å². The molecule has 3 N–H and O–H groups in total. The van der Waals surface area contributed by atoms with Crippen molar-refractivity contribution in [3.8, 4) is 0 Å². The number of aryl methyl sites for hydroxylation is 1. The third kappa shape index (κ3) is 4.97. The Morgan fingerprint density at radius 1 is 1.23 bits per heavy atom. The molecule has 2 heterocycles. The van der Waals surface area contributed by atoms with Gasteiger partial charge in [-0.25, -0.2) is 0 Å². The second kappa shape index (κ2) is 9.69. The molecule has 26 heavy (non-hydrogen) atoms. The Labute approximate surface area is 174 Å². The summed E-state index contributed by atoms with van der Waals surface area (Å²) in [7, 11) is 0. The lowest BCUT2D eigenvalue weighted by atomic mass is 9.92. The Kier molecular flexibility index (Phi) is 8.53. The summed E-state index contributed by atoms with van der Waals surface area (Å²) < 4.78 is 3.08. The minimum Gasteiger partial charge on any atom is -0.347 e. The molecule has 3 rings (SSSR count). The number of fused-ring (bicyclic) bond motifs is 1. The van der Waals surface area contributed by atoms with Crippen LogP contribution in [0.3, 0.4) is 0 Å². The SMILES string of the molecule is CC(N)(C(=O)NCc1nnc2n1CCCCC2)c1ccc(Br)cc1.Cl.Cl. The lowest BCUT2D eigenvalue weighted by Crippen LogP contribution is -2.48. The molecule has 0 saturated carbocycles. The van der Waals surface area contributed by atoms with E-state index in [4.69, 9.17) is 5.73 Å². The molecule has 0 saturated heterocycles. The number of amides is 1. The highest BCUT2D eigenvalue weighted by molar-refractivity contribution is 9.10. The first kappa shape index (κ1) is 22.9. The number of hydrogen-bond acceptors (Lipinski definition) is 4. The molecule has 0 aliphatic carbocycles. The maximum atomic E-state index is 12.6. The summed E-state index contributed by atoms with van der Waals surface area (Å²) in [5, 5.41) is 11.4. The van der Waals surface area contributed by atoms with Crippen LogP contribution in [0.5, 0.6) is 0 Å². The number of hydrogen-bond donors (Lipinski definition) is 2. The third-order valence-electron chi connectivity index (χ3n) is 4.51. The smallest absolute Gasteiger partial charge is 0.244 e. The quantitative estimate of drug-likeness (QED) is 0.727. The summed E-state index contributed by atoms with van der Waals surface area (Å²) in [5.41, 5.74) is 5.94. The Bertz CT molecular complexity index is 733. The van der Waals surface area contributed by atoms with E-state index in [1.54, 1.807) is 6.92 Å². The van der Waals surface area contributed by atoms with E-state index in [1.165, 1.54) is 6.42 Å². The average molecular weight is 465 g/mol. The van der Waals surface area contributed by atoms with Gasteiger partial charge in [-0.1, -0.05) is 34.5 Å². The van der Waals surface area contributed by atoms with E-state index >= 15 is 0 Å². The number of nitrogens with two attached hydrogens (primary N) is 1. The van der Waals surface area contributed by atoms with Crippen molar-refractivity contribution in [3.63, 3.8) is 0 Å². The molecule has 1 aromatic heterocycles. The molecule has 9 heteroatoms. The molecule has 1 aliphatic rings. The zero-order chi connectivity index (χ0) is 17.2. The van der Waals surface area contributed by atoms with Crippen molar-refractivity contribution < 1.29 is 4.79 Å². The van der Waals surface area contributed by atoms with Crippen LogP contribution in [0.1, 0.15) is 43.4 Å². The van der Waals surface area contributed by atoms with Crippen molar-refractivity contribution in [1.29, 1.82) is 0 Å². The first-order chi connectivity index (χ1) is 11.5. The Morgan fingerprint density at radius 2 is 1.92 bits per heavy atom. The van der Waals surface area contributed by atoms with Gasteiger partial charge in [0.1, 0.15) is 11.4 Å². The molecule has 1 atom stereocenters. The molecule has 0 spiro atoms.